The Balaban J connectivity index is 2.09. The molecule has 0 fully saturated rings. The number of rotatable bonds is 6. The van der Waals surface area contributed by atoms with Crippen molar-refractivity contribution in [3.8, 4) is 17.4 Å². The molecule has 4 nitrogen and oxygen atoms in total. The zero-order valence-electron chi connectivity index (χ0n) is 11.8. The van der Waals surface area contributed by atoms with E-state index in [1.165, 1.54) is 0 Å². The normalized spacial score (nSPS) is 10.6. The summed E-state index contributed by atoms with van der Waals surface area (Å²) in [6, 6.07) is 7.84. The Morgan fingerprint density at radius 3 is 2.70 bits per heavy atom. The van der Waals surface area contributed by atoms with Crippen LogP contribution in [0.3, 0.4) is 0 Å². The second-order valence-electron chi connectivity index (χ2n) is 4.64. The molecule has 0 aliphatic carbocycles. The summed E-state index contributed by atoms with van der Waals surface area (Å²) >= 11 is 5.88. The number of hydrogen-bond donors (Lipinski definition) is 0. The Labute approximate surface area is 124 Å². The fourth-order valence-electron chi connectivity index (χ4n) is 1.86. The van der Waals surface area contributed by atoms with Gasteiger partial charge in [0.05, 0.1) is 0 Å². The lowest BCUT2D eigenvalue weighted by molar-refractivity contribution is 0.318. The van der Waals surface area contributed by atoms with Crippen molar-refractivity contribution in [3.05, 3.63) is 41.4 Å². The first-order valence-electron chi connectivity index (χ1n) is 6.56. The van der Waals surface area contributed by atoms with E-state index in [-0.39, 0.29) is 0 Å². The molecule has 0 atom stereocenters. The van der Waals surface area contributed by atoms with Crippen LogP contribution in [0.2, 0.25) is 5.02 Å². The number of aromatic nitrogens is 3. The van der Waals surface area contributed by atoms with E-state index < -0.39 is 0 Å². The Bertz CT molecular complexity index is 590. The van der Waals surface area contributed by atoms with Crippen LogP contribution in [0, 0.1) is 0 Å². The molecule has 0 bridgehead atoms. The van der Waals surface area contributed by atoms with Gasteiger partial charge in [-0.25, -0.2) is 4.68 Å². The highest BCUT2D eigenvalue weighted by Gasteiger charge is 2.10. The van der Waals surface area contributed by atoms with Crippen molar-refractivity contribution in [2.45, 2.75) is 19.8 Å². The summed E-state index contributed by atoms with van der Waals surface area (Å²) in [7, 11) is 1.84. The lowest BCUT2D eigenvalue weighted by Gasteiger charge is -2.03. The highest BCUT2D eigenvalue weighted by molar-refractivity contribution is 6.30. The van der Waals surface area contributed by atoms with Crippen LogP contribution in [0.15, 0.2) is 36.4 Å². The Morgan fingerprint density at radius 2 is 2.05 bits per heavy atom. The highest BCUT2D eigenvalue weighted by Crippen LogP contribution is 2.21. The van der Waals surface area contributed by atoms with Gasteiger partial charge in [0, 0.05) is 17.6 Å². The molecule has 1 aromatic carbocycles. The lowest BCUT2D eigenvalue weighted by atomic mass is 10.2. The maximum atomic E-state index is 5.88. The van der Waals surface area contributed by atoms with Gasteiger partial charge in [0.2, 0.25) is 0 Å². The third-order valence-corrected chi connectivity index (χ3v) is 3.11. The molecule has 0 saturated carbocycles. The number of aryl methyl sites for hydroxylation is 1. The Morgan fingerprint density at radius 1 is 1.35 bits per heavy atom. The SMILES string of the molecule is C=C(CCC)COc1nc(-c2ccc(Cl)cc2)n(C)n1. The highest BCUT2D eigenvalue weighted by atomic mass is 35.5. The molecule has 0 unspecified atom stereocenters. The molecular weight excluding hydrogens is 274 g/mol. The van der Waals surface area contributed by atoms with Gasteiger partial charge in [0.1, 0.15) is 6.61 Å². The van der Waals surface area contributed by atoms with Gasteiger partial charge in [0.15, 0.2) is 5.82 Å². The Hall–Kier alpha value is -1.81. The first-order valence-corrected chi connectivity index (χ1v) is 6.94. The zero-order valence-corrected chi connectivity index (χ0v) is 12.5. The van der Waals surface area contributed by atoms with Crippen LogP contribution in [-0.2, 0) is 7.05 Å². The summed E-state index contributed by atoms with van der Waals surface area (Å²) in [5, 5.41) is 4.95. The van der Waals surface area contributed by atoms with E-state index in [2.05, 4.69) is 23.6 Å². The minimum absolute atomic E-state index is 0.370. The number of ether oxygens (including phenoxy) is 1. The van der Waals surface area contributed by atoms with Crippen molar-refractivity contribution in [2.75, 3.05) is 6.61 Å². The first kappa shape index (κ1) is 14.6. The van der Waals surface area contributed by atoms with Crippen LogP contribution >= 0.6 is 11.6 Å². The molecule has 0 N–H and O–H groups in total. The standard InChI is InChI=1S/C15H18ClN3O/c1-4-5-11(2)10-20-15-17-14(19(3)18-15)12-6-8-13(16)9-7-12/h6-9H,2,4-5,10H2,1,3H3. The maximum Gasteiger partial charge on any atom is 0.336 e. The van der Waals surface area contributed by atoms with Gasteiger partial charge in [-0.05, 0) is 36.3 Å². The molecule has 0 amide bonds. The summed E-state index contributed by atoms with van der Waals surface area (Å²) in [6.45, 7) is 6.52. The molecule has 0 spiro atoms. The second-order valence-corrected chi connectivity index (χ2v) is 5.07. The molecule has 1 aromatic heterocycles. The van der Waals surface area contributed by atoms with Crippen LogP contribution in [0.25, 0.3) is 11.4 Å². The average molecular weight is 292 g/mol. The van der Waals surface area contributed by atoms with Crippen molar-refractivity contribution in [3.63, 3.8) is 0 Å². The third kappa shape index (κ3) is 3.61. The van der Waals surface area contributed by atoms with E-state index in [0.717, 1.165) is 29.8 Å². The minimum atomic E-state index is 0.370. The van der Waals surface area contributed by atoms with E-state index in [0.29, 0.717) is 17.6 Å². The molecule has 5 heteroatoms. The lowest BCUT2D eigenvalue weighted by Crippen LogP contribution is -2.01. The van der Waals surface area contributed by atoms with Gasteiger partial charge in [0.25, 0.3) is 0 Å². The van der Waals surface area contributed by atoms with Crippen molar-refractivity contribution >= 4 is 11.6 Å². The van der Waals surface area contributed by atoms with Crippen molar-refractivity contribution in [2.24, 2.45) is 7.05 Å². The molecule has 0 saturated heterocycles. The van der Waals surface area contributed by atoms with Gasteiger partial charge >= 0.3 is 6.01 Å². The van der Waals surface area contributed by atoms with Gasteiger partial charge in [-0.3, -0.25) is 0 Å². The van der Waals surface area contributed by atoms with E-state index in [1.54, 1.807) is 4.68 Å². The van der Waals surface area contributed by atoms with Crippen LogP contribution < -0.4 is 4.74 Å². The molecular formula is C15H18ClN3O. The van der Waals surface area contributed by atoms with Crippen LogP contribution in [0.1, 0.15) is 19.8 Å². The largest absolute Gasteiger partial charge is 0.458 e. The van der Waals surface area contributed by atoms with Crippen LogP contribution in [-0.4, -0.2) is 21.4 Å². The smallest absolute Gasteiger partial charge is 0.336 e. The summed E-state index contributed by atoms with van der Waals surface area (Å²) in [5.41, 5.74) is 2.00. The number of hydrogen-bond acceptors (Lipinski definition) is 3. The predicted octanol–water partition coefficient (Wildman–Crippen LogP) is 3.87. The molecule has 106 valence electrons. The molecule has 20 heavy (non-hydrogen) atoms. The molecule has 1 heterocycles. The zero-order chi connectivity index (χ0) is 14.5. The number of halogens is 1. The summed E-state index contributed by atoms with van der Waals surface area (Å²) < 4.78 is 7.25. The van der Waals surface area contributed by atoms with Gasteiger partial charge in [-0.15, -0.1) is 5.10 Å². The molecule has 0 aliphatic heterocycles. The molecule has 0 aliphatic rings. The minimum Gasteiger partial charge on any atom is -0.458 e. The fraction of sp³-hybridized carbons (Fsp3) is 0.333. The van der Waals surface area contributed by atoms with Crippen molar-refractivity contribution < 1.29 is 4.74 Å². The predicted molar refractivity (Wildman–Crippen MR) is 81.0 cm³/mol. The summed E-state index contributed by atoms with van der Waals surface area (Å²) in [4.78, 5) is 4.39. The van der Waals surface area contributed by atoms with E-state index in [4.69, 9.17) is 16.3 Å². The topological polar surface area (TPSA) is 39.9 Å². The van der Waals surface area contributed by atoms with Gasteiger partial charge < -0.3 is 4.74 Å². The number of nitrogens with zero attached hydrogens (tertiary/aromatic N) is 3. The second kappa shape index (κ2) is 6.57. The van der Waals surface area contributed by atoms with E-state index in [1.807, 2.05) is 31.3 Å². The van der Waals surface area contributed by atoms with Crippen LogP contribution in [0.5, 0.6) is 6.01 Å². The van der Waals surface area contributed by atoms with Crippen LogP contribution in [0.4, 0.5) is 0 Å². The van der Waals surface area contributed by atoms with Gasteiger partial charge in [-0.2, -0.15) is 4.98 Å². The summed E-state index contributed by atoms with van der Waals surface area (Å²) in [5.74, 6) is 0.748. The molecule has 2 aromatic rings. The third-order valence-electron chi connectivity index (χ3n) is 2.85. The molecule has 2 rings (SSSR count). The van der Waals surface area contributed by atoms with Crippen molar-refractivity contribution in [1.82, 2.24) is 14.8 Å². The monoisotopic (exact) mass is 291 g/mol. The summed E-state index contributed by atoms with van der Waals surface area (Å²) in [6.07, 6.45) is 2.02. The number of benzene rings is 1. The quantitative estimate of drug-likeness (QED) is 0.759. The molecule has 0 radical (unpaired) electrons. The van der Waals surface area contributed by atoms with Gasteiger partial charge in [-0.1, -0.05) is 31.5 Å². The van der Waals surface area contributed by atoms with E-state index in [9.17, 15) is 0 Å². The van der Waals surface area contributed by atoms with Crippen molar-refractivity contribution in [1.29, 1.82) is 0 Å². The van der Waals surface area contributed by atoms with E-state index >= 15 is 0 Å². The average Bonchev–Trinajstić information content (AvgIpc) is 2.79. The fourth-order valence-corrected chi connectivity index (χ4v) is 1.99. The first-order chi connectivity index (χ1) is 9.60. The Kier molecular flexibility index (Phi) is 4.79. The maximum absolute atomic E-state index is 5.88.